The lowest BCUT2D eigenvalue weighted by molar-refractivity contribution is -0.120. The third-order valence-corrected chi connectivity index (χ3v) is 5.44. The van der Waals surface area contributed by atoms with Crippen molar-refractivity contribution in [2.24, 2.45) is 5.10 Å². The second-order valence-corrected chi connectivity index (χ2v) is 8.08. The second kappa shape index (κ2) is 13.0. The van der Waals surface area contributed by atoms with Gasteiger partial charge in [-0.1, -0.05) is 69.9 Å². The van der Waals surface area contributed by atoms with Crippen molar-refractivity contribution in [1.82, 2.24) is 10.7 Å². The van der Waals surface area contributed by atoms with Gasteiger partial charge in [-0.05, 0) is 31.9 Å². The molecule has 0 unspecified atom stereocenters. The molecule has 6 nitrogen and oxygen atoms in total. The van der Waals surface area contributed by atoms with E-state index in [1.165, 1.54) is 57.8 Å². The standard InChI is InChI=1S/C23H36N4O2/c1-18(26-27-23(29)20-15-11-12-16-21(20)24)17-22(28)25-19-13-9-7-5-3-2-4-6-8-10-14-19/h11-12,15-16,19H,2-10,13-14,17,24H2,1H3,(H,25,28)(H,27,29)/b26-18-. The number of hydrogen-bond donors (Lipinski definition) is 3. The molecule has 1 aromatic carbocycles. The minimum Gasteiger partial charge on any atom is -0.398 e. The van der Waals surface area contributed by atoms with Gasteiger partial charge >= 0.3 is 0 Å². The summed E-state index contributed by atoms with van der Waals surface area (Å²) in [5.74, 6) is -0.404. The Morgan fingerprint density at radius 3 is 2.10 bits per heavy atom. The minimum atomic E-state index is -0.373. The molecule has 160 valence electrons. The smallest absolute Gasteiger partial charge is 0.273 e. The fraction of sp³-hybridized carbons (Fsp3) is 0.609. The fourth-order valence-corrected chi connectivity index (χ4v) is 3.77. The van der Waals surface area contributed by atoms with E-state index in [0.717, 1.165) is 12.8 Å². The van der Waals surface area contributed by atoms with E-state index in [-0.39, 0.29) is 24.3 Å². The largest absolute Gasteiger partial charge is 0.398 e. The quantitative estimate of drug-likeness (QED) is 0.384. The van der Waals surface area contributed by atoms with Crippen LogP contribution in [-0.2, 0) is 4.79 Å². The van der Waals surface area contributed by atoms with Crippen molar-refractivity contribution in [3.05, 3.63) is 29.8 Å². The van der Waals surface area contributed by atoms with Crippen LogP contribution in [-0.4, -0.2) is 23.6 Å². The number of nitrogens with one attached hydrogen (secondary N) is 2. The number of amides is 2. The zero-order valence-electron chi connectivity index (χ0n) is 17.7. The monoisotopic (exact) mass is 400 g/mol. The van der Waals surface area contributed by atoms with Crippen LogP contribution < -0.4 is 16.5 Å². The van der Waals surface area contributed by atoms with E-state index < -0.39 is 0 Å². The normalized spacial score (nSPS) is 17.6. The van der Waals surface area contributed by atoms with Gasteiger partial charge < -0.3 is 11.1 Å². The molecule has 1 aromatic rings. The van der Waals surface area contributed by atoms with Gasteiger partial charge in [0.1, 0.15) is 0 Å². The van der Waals surface area contributed by atoms with Crippen molar-refractivity contribution < 1.29 is 9.59 Å². The Balaban J connectivity index is 1.79. The summed E-state index contributed by atoms with van der Waals surface area (Å²) in [5, 5.41) is 7.24. The molecule has 29 heavy (non-hydrogen) atoms. The third-order valence-electron chi connectivity index (χ3n) is 5.44. The summed E-state index contributed by atoms with van der Waals surface area (Å²) in [7, 11) is 0. The Morgan fingerprint density at radius 2 is 1.52 bits per heavy atom. The molecule has 2 amide bonds. The van der Waals surface area contributed by atoms with Crippen molar-refractivity contribution >= 4 is 23.2 Å². The molecule has 0 aromatic heterocycles. The van der Waals surface area contributed by atoms with Crippen LogP contribution in [0, 0.1) is 0 Å². The molecule has 1 aliphatic rings. The zero-order chi connectivity index (χ0) is 20.9. The van der Waals surface area contributed by atoms with Crippen molar-refractivity contribution in [2.75, 3.05) is 5.73 Å². The van der Waals surface area contributed by atoms with Gasteiger partial charge in [0.05, 0.1) is 12.0 Å². The molecule has 0 spiro atoms. The molecule has 0 radical (unpaired) electrons. The number of benzene rings is 1. The van der Waals surface area contributed by atoms with Gasteiger partial charge in [-0.2, -0.15) is 5.10 Å². The number of nitrogens with zero attached hydrogens (tertiary/aromatic N) is 1. The highest BCUT2D eigenvalue weighted by Gasteiger charge is 2.14. The molecular formula is C23H36N4O2. The zero-order valence-corrected chi connectivity index (χ0v) is 17.7. The number of hydrazone groups is 1. The first-order chi connectivity index (χ1) is 14.1. The Kier molecular flexibility index (Phi) is 10.2. The highest BCUT2D eigenvalue weighted by molar-refractivity contribution is 6.02. The lowest BCUT2D eigenvalue weighted by atomic mass is 9.98. The van der Waals surface area contributed by atoms with E-state index in [1.807, 2.05) is 0 Å². The Hall–Kier alpha value is -2.37. The maximum Gasteiger partial charge on any atom is 0.273 e. The number of nitrogen functional groups attached to an aromatic ring is 1. The first-order valence-corrected chi connectivity index (χ1v) is 11.0. The number of carbonyl (C=O) groups excluding carboxylic acids is 2. The Bertz CT molecular complexity index is 675. The topological polar surface area (TPSA) is 96.6 Å². The van der Waals surface area contributed by atoms with Crippen LogP contribution >= 0.6 is 0 Å². The molecule has 0 saturated heterocycles. The van der Waals surface area contributed by atoms with Crippen LogP contribution in [0.4, 0.5) is 5.69 Å². The number of hydrogen-bond acceptors (Lipinski definition) is 4. The SMILES string of the molecule is C/C(CC(=O)NC1CCCCCCCCCCC1)=N/NC(=O)c1ccccc1N. The molecule has 6 heteroatoms. The summed E-state index contributed by atoms with van der Waals surface area (Å²) >= 11 is 0. The highest BCUT2D eigenvalue weighted by atomic mass is 16.2. The summed E-state index contributed by atoms with van der Waals surface area (Å²) < 4.78 is 0. The number of para-hydroxylation sites is 1. The van der Waals surface area contributed by atoms with Gasteiger partial charge in [0.25, 0.3) is 5.91 Å². The third kappa shape index (κ3) is 9.11. The van der Waals surface area contributed by atoms with Crippen molar-refractivity contribution in [3.63, 3.8) is 0 Å². The average Bonchev–Trinajstić information content (AvgIpc) is 2.68. The summed E-state index contributed by atoms with van der Waals surface area (Å²) in [6.07, 6.45) is 13.8. The minimum absolute atomic E-state index is 0.0307. The number of nitrogens with two attached hydrogens (primary N) is 1. The highest BCUT2D eigenvalue weighted by Crippen LogP contribution is 2.17. The molecule has 1 aliphatic carbocycles. The summed E-state index contributed by atoms with van der Waals surface area (Å²) in [6.45, 7) is 1.75. The average molecular weight is 401 g/mol. The van der Waals surface area contributed by atoms with Crippen molar-refractivity contribution in [1.29, 1.82) is 0 Å². The van der Waals surface area contributed by atoms with Crippen LogP contribution in [0.2, 0.25) is 0 Å². The molecular weight excluding hydrogens is 364 g/mol. The van der Waals surface area contributed by atoms with Crippen LogP contribution in [0.3, 0.4) is 0 Å². The van der Waals surface area contributed by atoms with E-state index >= 15 is 0 Å². The van der Waals surface area contributed by atoms with Gasteiger partial charge in [0, 0.05) is 17.4 Å². The van der Waals surface area contributed by atoms with Crippen molar-refractivity contribution in [2.45, 2.75) is 90.0 Å². The first kappa shape index (κ1) is 22.9. The van der Waals surface area contributed by atoms with E-state index in [9.17, 15) is 9.59 Å². The second-order valence-electron chi connectivity index (χ2n) is 8.08. The maximum atomic E-state index is 12.4. The Labute approximate surface area is 174 Å². The van der Waals surface area contributed by atoms with Gasteiger partial charge in [-0.25, -0.2) is 5.43 Å². The summed E-state index contributed by atoms with van der Waals surface area (Å²) in [5.41, 5.74) is 9.63. The lowest BCUT2D eigenvalue weighted by Gasteiger charge is -2.19. The molecule has 0 aliphatic heterocycles. The molecule has 1 saturated carbocycles. The van der Waals surface area contributed by atoms with E-state index in [2.05, 4.69) is 15.8 Å². The predicted molar refractivity (Wildman–Crippen MR) is 119 cm³/mol. The first-order valence-electron chi connectivity index (χ1n) is 11.0. The van der Waals surface area contributed by atoms with Crippen LogP contribution in [0.1, 0.15) is 94.3 Å². The molecule has 2 rings (SSSR count). The van der Waals surface area contributed by atoms with Gasteiger partial charge in [-0.3, -0.25) is 9.59 Å². The van der Waals surface area contributed by atoms with Crippen LogP contribution in [0.5, 0.6) is 0 Å². The van der Waals surface area contributed by atoms with Gasteiger partial charge in [-0.15, -0.1) is 0 Å². The van der Waals surface area contributed by atoms with E-state index in [1.54, 1.807) is 31.2 Å². The molecule has 0 heterocycles. The van der Waals surface area contributed by atoms with E-state index in [0.29, 0.717) is 17.0 Å². The number of anilines is 1. The summed E-state index contributed by atoms with van der Waals surface area (Å²) in [4.78, 5) is 24.6. The lowest BCUT2D eigenvalue weighted by Crippen LogP contribution is -2.36. The predicted octanol–water partition coefficient (Wildman–Crippen LogP) is 4.55. The van der Waals surface area contributed by atoms with Gasteiger partial charge in [0.15, 0.2) is 0 Å². The number of rotatable bonds is 5. The van der Waals surface area contributed by atoms with Crippen LogP contribution in [0.25, 0.3) is 0 Å². The fourth-order valence-electron chi connectivity index (χ4n) is 3.77. The van der Waals surface area contributed by atoms with Gasteiger partial charge in [0.2, 0.25) is 5.91 Å². The molecule has 1 fully saturated rings. The summed E-state index contributed by atoms with van der Waals surface area (Å²) in [6, 6.07) is 7.08. The molecule has 4 N–H and O–H groups in total. The molecule has 0 atom stereocenters. The number of carbonyl (C=O) groups is 2. The van der Waals surface area contributed by atoms with Crippen LogP contribution in [0.15, 0.2) is 29.4 Å². The van der Waals surface area contributed by atoms with E-state index in [4.69, 9.17) is 5.73 Å². The molecule has 0 bridgehead atoms. The Morgan fingerprint density at radius 1 is 0.966 bits per heavy atom. The van der Waals surface area contributed by atoms with Crippen molar-refractivity contribution in [3.8, 4) is 0 Å². The maximum absolute atomic E-state index is 12.4.